The molecule has 1 amide bonds. The molecule has 1 atom stereocenters. The molecule has 2 aromatic carbocycles. The van der Waals surface area contributed by atoms with E-state index < -0.39 is 10.0 Å². The quantitative estimate of drug-likeness (QED) is 0.776. The molecule has 2 aliphatic rings. The van der Waals surface area contributed by atoms with Gasteiger partial charge >= 0.3 is 0 Å². The number of carbonyl (C=O) groups is 1. The molecule has 4 rings (SSSR count). The van der Waals surface area contributed by atoms with Crippen LogP contribution >= 0.6 is 0 Å². The first-order valence-corrected chi connectivity index (χ1v) is 11.6. The Morgan fingerprint density at radius 2 is 1.97 bits per heavy atom. The highest BCUT2D eigenvalue weighted by atomic mass is 32.2. The van der Waals surface area contributed by atoms with Crippen LogP contribution < -0.4 is 14.4 Å². The molecular formula is C22H26N2O4S. The average molecular weight is 415 g/mol. The monoisotopic (exact) mass is 414 g/mol. The number of hydrogen-bond acceptors (Lipinski definition) is 4. The summed E-state index contributed by atoms with van der Waals surface area (Å²) in [4.78, 5) is 14.8. The van der Waals surface area contributed by atoms with Crippen LogP contribution in [0.15, 0.2) is 47.4 Å². The smallest absolute Gasteiger partial charge is 0.262 e. The Hall–Kier alpha value is -2.54. The molecule has 1 heterocycles. The van der Waals surface area contributed by atoms with E-state index in [1.807, 2.05) is 18.7 Å². The Morgan fingerprint density at radius 1 is 1.21 bits per heavy atom. The second-order valence-electron chi connectivity index (χ2n) is 7.71. The van der Waals surface area contributed by atoms with Crippen LogP contribution in [0.1, 0.15) is 38.7 Å². The molecule has 0 aromatic heterocycles. The first-order valence-electron chi connectivity index (χ1n) is 10.1. The standard InChI is InChI=1S/C22H26N2O4S/c1-3-28-21-10-5-4-9-19(21)23-29(26,27)18-11-12-20-17(14-18)13-15(2)24(20)22(25)16-7-6-8-16/h4-5,9-12,14-16,23H,3,6-8,13H2,1-2H3/t15-/m0/s1. The van der Waals surface area contributed by atoms with Crippen LogP contribution in [-0.2, 0) is 21.2 Å². The van der Waals surface area contributed by atoms with Gasteiger partial charge in [-0.1, -0.05) is 18.6 Å². The third kappa shape index (κ3) is 3.71. The molecular weight excluding hydrogens is 388 g/mol. The molecule has 0 unspecified atom stereocenters. The van der Waals surface area contributed by atoms with Gasteiger partial charge < -0.3 is 9.64 Å². The Balaban J connectivity index is 1.60. The van der Waals surface area contributed by atoms with Gasteiger partial charge in [0.25, 0.3) is 10.0 Å². The van der Waals surface area contributed by atoms with Crippen molar-refractivity contribution in [3.05, 3.63) is 48.0 Å². The van der Waals surface area contributed by atoms with Crippen LogP contribution in [0.5, 0.6) is 5.75 Å². The number of carbonyl (C=O) groups excluding carboxylic acids is 1. The van der Waals surface area contributed by atoms with Crippen LogP contribution in [-0.4, -0.2) is 27.0 Å². The van der Waals surface area contributed by atoms with Gasteiger partial charge in [0, 0.05) is 17.6 Å². The van der Waals surface area contributed by atoms with Gasteiger partial charge in [0.05, 0.1) is 17.2 Å². The first-order chi connectivity index (χ1) is 13.9. The largest absolute Gasteiger partial charge is 0.492 e. The zero-order valence-corrected chi connectivity index (χ0v) is 17.5. The van der Waals surface area contributed by atoms with Gasteiger partial charge in [0.15, 0.2) is 0 Å². The SMILES string of the molecule is CCOc1ccccc1NS(=O)(=O)c1ccc2c(c1)C[C@H](C)N2C(=O)C1CCC1. The lowest BCUT2D eigenvalue weighted by molar-refractivity contribution is -0.125. The summed E-state index contributed by atoms with van der Waals surface area (Å²) in [7, 11) is -3.77. The normalized spacial score (nSPS) is 18.8. The zero-order chi connectivity index (χ0) is 20.6. The fourth-order valence-electron chi connectivity index (χ4n) is 4.00. The van der Waals surface area contributed by atoms with Crippen molar-refractivity contribution in [2.24, 2.45) is 5.92 Å². The predicted octanol–water partition coefficient (Wildman–Crippen LogP) is 3.96. The van der Waals surface area contributed by atoms with Gasteiger partial charge in [-0.05, 0) is 69.0 Å². The number of amides is 1. The van der Waals surface area contributed by atoms with Crippen molar-refractivity contribution < 1.29 is 17.9 Å². The average Bonchev–Trinajstić information content (AvgIpc) is 2.96. The lowest BCUT2D eigenvalue weighted by Gasteiger charge is -2.32. The van der Waals surface area contributed by atoms with E-state index in [9.17, 15) is 13.2 Å². The van der Waals surface area contributed by atoms with E-state index in [0.29, 0.717) is 24.5 Å². The van der Waals surface area contributed by atoms with Gasteiger partial charge in [-0.15, -0.1) is 0 Å². The minimum atomic E-state index is -3.77. The van der Waals surface area contributed by atoms with Crippen molar-refractivity contribution in [1.82, 2.24) is 0 Å². The minimum absolute atomic E-state index is 0.0442. The topological polar surface area (TPSA) is 75.7 Å². The van der Waals surface area contributed by atoms with E-state index in [1.165, 1.54) is 0 Å². The Bertz CT molecular complexity index is 1030. The lowest BCUT2D eigenvalue weighted by atomic mass is 9.84. The molecule has 1 N–H and O–H groups in total. The van der Waals surface area contributed by atoms with Gasteiger partial charge in [0.2, 0.25) is 5.91 Å². The number of sulfonamides is 1. The van der Waals surface area contributed by atoms with Gasteiger partial charge in [-0.25, -0.2) is 8.42 Å². The van der Waals surface area contributed by atoms with E-state index in [2.05, 4.69) is 4.72 Å². The third-order valence-electron chi connectivity index (χ3n) is 5.70. The summed E-state index contributed by atoms with van der Waals surface area (Å²) >= 11 is 0. The number of nitrogens with zero attached hydrogens (tertiary/aromatic N) is 1. The second kappa shape index (κ2) is 7.71. The molecule has 154 valence electrons. The number of benzene rings is 2. The predicted molar refractivity (Wildman–Crippen MR) is 113 cm³/mol. The summed E-state index contributed by atoms with van der Waals surface area (Å²) in [5, 5.41) is 0. The van der Waals surface area contributed by atoms with Crippen molar-refractivity contribution in [1.29, 1.82) is 0 Å². The number of rotatable bonds is 6. The van der Waals surface area contributed by atoms with Crippen molar-refractivity contribution in [3.8, 4) is 5.75 Å². The number of hydrogen-bond donors (Lipinski definition) is 1. The number of fused-ring (bicyclic) bond motifs is 1. The van der Waals surface area contributed by atoms with Crippen LogP contribution in [0.3, 0.4) is 0 Å². The fraction of sp³-hybridized carbons (Fsp3) is 0.409. The fourth-order valence-corrected chi connectivity index (χ4v) is 5.12. The van der Waals surface area contributed by atoms with Crippen LogP contribution in [0.25, 0.3) is 0 Å². The summed E-state index contributed by atoms with van der Waals surface area (Å²) in [6.07, 6.45) is 3.67. The lowest BCUT2D eigenvalue weighted by Crippen LogP contribution is -2.42. The maximum atomic E-state index is 13.0. The molecule has 29 heavy (non-hydrogen) atoms. The highest BCUT2D eigenvalue weighted by molar-refractivity contribution is 7.92. The summed E-state index contributed by atoms with van der Waals surface area (Å²) in [5.41, 5.74) is 2.14. The maximum Gasteiger partial charge on any atom is 0.262 e. The number of nitrogens with one attached hydrogen (secondary N) is 1. The van der Waals surface area contributed by atoms with Gasteiger partial charge in [-0.2, -0.15) is 0 Å². The van der Waals surface area contributed by atoms with E-state index in [4.69, 9.17) is 4.74 Å². The van der Waals surface area contributed by atoms with Crippen LogP contribution in [0.4, 0.5) is 11.4 Å². The first kappa shape index (κ1) is 19.8. The number of anilines is 2. The molecule has 1 aliphatic carbocycles. The Morgan fingerprint density at radius 3 is 2.66 bits per heavy atom. The number of para-hydroxylation sites is 2. The van der Waals surface area contributed by atoms with Crippen molar-refractivity contribution in [3.63, 3.8) is 0 Å². The molecule has 2 aromatic rings. The van der Waals surface area contributed by atoms with Crippen LogP contribution in [0.2, 0.25) is 0 Å². The molecule has 1 saturated carbocycles. The Kier molecular flexibility index (Phi) is 5.25. The highest BCUT2D eigenvalue weighted by Gasteiger charge is 2.37. The van der Waals surface area contributed by atoms with Crippen molar-refractivity contribution >= 4 is 27.3 Å². The minimum Gasteiger partial charge on any atom is -0.492 e. The molecule has 0 spiro atoms. The van der Waals surface area contributed by atoms with E-state index in [1.54, 1.807) is 42.5 Å². The Labute approximate surface area is 171 Å². The molecule has 0 saturated heterocycles. The zero-order valence-electron chi connectivity index (χ0n) is 16.7. The van der Waals surface area contributed by atoms with Crippen molar-refractivity contribution in [2.75, 3.05) is 16.2 Å². The van der Waals surface area contributed by atoms with E-state index in [-0.39, 0.29) is 22.8 Å². The molecule has 1 aliphatic heterocycles. The third-order valence-corrected chi connectivity index (χ3v) is 7.06. The molecule has 6 nitrogen and oxygen atoms in total. The summed E-state index contributed by atoms with van der Waals surface area (Å²) in [6, 6.07) is 12.0. The number of ether oxygens (including phenoxy) is 1. The second-order valence-corrected chi connectivity index (χ2v) is 9.40. The van der Waals surface area contributed by atoms with E-state index in [0.717, 1.165) is 30.5 Å². The molecule has 1 fully saturated rings. The summed E-state index contributed by atoms with van der Waals surface area (Å²) < 4.78 is 34.1. The molecule has 0 bridgehead atoms. The van der Waals surface area contributed by atoms with E-state index >= 15 is 0 Å². The highest BCUT2D eigenvalue weighted by Crippen LogP contribution is 2.38. The maximum absolute atomic E-state index is 13.0. The van der Waals surface area contributed by atoms with Crippen LogP contribution in [0, 0.1) is 5.92 Å². The summed E-state index contributed by atoms with van der Waals surface area (Å²) in [6.45, 7) is 4.31. The van der Waals surface area contributed by atoms with Gasteiger partial charge in [-0.3, -0.25) is 9.52 Å². The summed E-state index contributed by atoms with van der Waals surface area (Å²) in [5.74, 6) is 0.774. The van der Waals surface area contributed by atoms with Crippen molar-refractivity contribution in [2.45, 2.75) is 50.5 Å². The molecule has 0 radical (unpaired) electrons. The van der Waals surface area contributed by atoms with Gasteiger partial charge in [0.1, 0.15) is 5.75 Å². The molecule has 7 heteroatoms.